The average molecular weight is 429 g/mol. The standard InChI is InChI=1S/C25H28N6O/c1-5-25(16-7-6-8-17(9-16)31(4)18-12-26-15-27-13-18)19-14-28-30-23(19)29-20-10-24(2,3)11-21(32)22(20)25/h6-9,12-15,23,29H,5,10-11H2,1-4H3/t23?,25-/m0/s1. The minimum Gasteiger partial charge on any atom is -0.362 e. The molecule has 1 N–H and O–H groups in total. The number of benzene rings is 1. The topological polar surface area (TPSA) is 82.8 Å². The second-order valence-corrected chi connectivity index (χ2v) is 9.62. The van der Waals surface area contributed by atoms with Gasteiger partial charge in [-0.1, -0.05) is 32.9 Å². The highest BCUT2D eigenvalue weighted by molar-refractivity contribution is 6.01. The van der Waals surface area contributed by atoms with E-state index in [1.807, 2.05) is 13.2 Å². The molecule has 0 spiro atoms. The van der Waals surface area contributed by atoms with Gasteiger partial charge in [-0.3, -0.25) is 4.79 Å². The van der Waals surface area contributed by atoms with Crippen molar-refractivity contribution in [3.63, 3.8) is 0 Å². The van der Waals surface area contributed by atoms with Crippen molar-refractivity contribution in [1.82, 2.24) is 15.3 Å². The van der Waals surface area contributed by atoms with Gasteiger partial charge in [-0.25, -0.2) is 9.97 Å². The zero-order chi connectivity index (χ0) is 22.5. The van der Waals surface area contributed by atoms with Crippen LogP contribution in [-0.2, 0) is 10.2 Å². The fourth-order valence-corrected chi connectivity index (χ4v) is 5.48. The minimum absolute atomic E-state index is 0.0747. The number of nitrogens with zero attached hydrogens (tertiary/aromatic N) is 5. The Morgan fingerprint density at radius 1 is 1.16 bits per heavy atom. The van der Waals surface area contributed by atoms with E-state index >= 15 is 0 Å². The predicted molar refractivity (Wildman–Crippen MR) is 123 cm³/mol. The summed E-state index contributed by atoms with van der Waals surface area (Å²) >= 11 is 0. The lowest BCUT2D eigenvalue weighted by Gasteiger charge is -2.48. The van der Waals surface area contributed by atoms with Gasteiger partial charge in [-0.05, 0) is 36.0 Å². The maximum atomic E-state index is 13.6. The van der Waals surface area contributed by atoms with Gasteiger partial charge in [-0.2, -0.15) is 10.2 Å². The third-order valence-electron chi connectivity index (χ3n) is 6.97. The summed E-state index contributed by atoms with van der Waals surface area (Å²) in [7, 11) is 2.00. The van der Waals surface area contributed by atoms with Crippen LogP contribution in [0.5, 0.6) is 0 Å². The fraction of sp³-hybridized carbons (Fsp3) is 0.400. The molecule has 1 aromatic carbocycles. The quantitative estimate of drug-likeness (QED) is 0.755. The van der Waals surface area contributed by atoms with E-state index in [1.54, 1.807) is 12.4 Å². The third-order valence-corrected chi connectivity index (χ3v) is 6.97. The summed E-state index contributed by atoms with van der Waals surface area (Å²) in [6, 6.07) is 8.43. The lowest BCUT2D eigenvalue weighted by molar-refractivity contribution is -0.119. The number of azo groups is 1. The van der Waals surface area contributed by atoms with Gasteiger partial charge in [0, 0.05) is 36.0 Å². The summed E-state index contributed by atoms with van der Waals surface area (Å²) in [5.74, 6) is 0.215. The Morgan fingerprint density at radius 2 is 1.94 bits per heavy atom. The van der Waals surface area contributed by atoms with Crippen LogP contribution in [0.25, 0.3) is 0 Å². The van der Waals surface area contributed by atoms with Crippen LogP contribution in [-0.4, -0.2) is 29.0 Å². The number of carbonyl (C=O) groups is 1. The molecule has 5 rings (SSSR count). The van der Waals surface area contributed by atoms with Crippen molar-refractivity contribution < 1.29 is 4.79 Å². The number of carbonyl (C=O) groups excluding carboxylic acids is 1. The van der Waals surface area contributed by atoms with Crippen molar-refractivity contribution in [2.45, 2.75) is 51.6 Å². The maximum Gasteiger partial charge on any atom is 0.164 e. The number of fused-ring (bicyclic) bond motifs is 1. The van der Waals surface area contributed by atoms with Gasteiger partial charge in [0.15, 0.2) is 11.9 Å². The number of anilines is 2. The molecule has 0 saturated heterocycles. The van der Waals surface area contributed by atoms with Crippen molar-refractivity contribution in [1.29, 1.82) is 0 Å². The van der Waals surface area contributed by atoms with E-state index in [1.165, 1.54) is 6.33 Å². The van der Waals surface area contributed by atoms with E-state index in [2.05, 4.69) is 75.4 Å². The lowest BCUT2D eigenvalue weighted by atomic mass is 9.59. The monoisotopic (exact) mass is 428 g/mol. The zero-order valence-electron chi connectivity index (χ0n) is 19.0. The summed E-state index contributed by atoms with van der Waals surface area (Å²) in [4.78, 5) is 24.0. The SMILES string of the molecule is CC[C@]1(c2cccc(N(C)c3cncnc3)c2)C2=CN=NC2NC2=C1C(=O)CC(C)(C)C2. The van der Waals surface area contributed by atoms with Crippen LogP contribution >= 0.6 is 0 Å². The molecule has 1 aromatic heterocycles. The first-order chi connectivity index (χ1) is 15.4. The van der Waals surface area contributed by atoms with Gasteiger partial charge >= 0.3 is 0 Å². The molecule has 3 aliphatic rings. The summed E-state index contributed by atoms with van der Waals surface area (Å²) < 4.78 is 0. The molecular weight excluding hydrogens is 400 g/mol. The molecule has 0 fully saturated rings. The molecule has 0 amide bonds. The van der Waals surface area contributed by atoms with E-state index in [0.717, 1.165) is 46.6 Å². The highest BCUT2D eigenvalue weighted by atomic mass is 16.1. The normalized spacial score (nSPS) is 25.7. The Kier molecular flexibility index (Phi) is 4.73. The number of hydrogen-bond acceptors (Lipinski definition) is 7. The second-order valence-electron chi connectivity index (χ2n) is 9.62. The van der Waals surface area contributed by atoms with Crippen LogP contribution in [0.2, 0.25) is 0 Å². The number of ketones is 1. The largest absolute Gasteiger partial charge is 0.362 e. The Bertz CT molecular complexity index is 1170. The molecule has 2 aliphatic heterocycles. The third kappa shape index (κ3) is 3.06. The van der Waals surface area contributed by atoms with Crippen LogP contribution < -0.4 is 10.2 Å². The van der Waals surface area contributed by atoms with Crippen LogP contribution in [0.3, 0.4) is 0 Å². The smallest absolute Gasteiger partial charge is 0.164 e. The summed E-state index contributed by atoms with van der Waals surface area (Å²) in [6.45, 7) is 6.46. The summed E-state index contributed by atoms with van der Waals surface area (Å²) in [5, 5.41) is 12.2. The molecule has 32 heavy (non-hydrogen) atoms. The second kappa shape index (κ2) is 7.36. The number of hydrogen-bond donors (Lipinski definition) is 1. The van der Waals surface area contributed by atoms with Gasteiger partial charge in [0.25, 0.3) is 0 Å². The fourth-order valence-electron chi connectivity index (χ4n) is 5.48. The van der Waals surface area contributed by atoms with Crippen molar-refractivity contribution in [3.05, 3.63) is 71.6 Å². The van der Waals surface area contributed by atoms with Crippen LogP contribution in [0.15, 0.2) is 76.3 Å². The number of allylic oxidation sites excluding steroid dienone is 2. The van der Waals surface area contributed by atoms with Gasteiger partial charge in [0.1, 0.15) is 6.33 Å². The molecule has 7 nitrogen and oxygen atoms in total. The molecule has 7 heteroatoms. The number of aromatic nitrogens is 2. The Balaban J connectivity index is 1.68. The van der Waals surface area contributed by atoms with E-state index in [4.69, 9.17) is 0 Å². The van der Waals surface area contributed by atoms with Gasteiger partial charge in [0.05, 0.1) is 29.7 Å². The highest BCUT2D eigenvalue weighted by Gasteiger charge is 2.53. The van der Waals surface area contributed by atoms with E-state index in [9.17, 15) is 4.79 Å². The molecule has 2 atom stereocenters. The van der Waals surface area contributed by atoms with Crippen LogP contribution in [0.1, 0.15) is 45.6 Å². The number of nitrogens with one attached hydrogen (secondary N) is 1. The van der Waals surface area contributed by atoms with Crippen molar-refractivity contribution >= 4 is 17.2 Å². The minimum atomic E-state index is -0.549. The van der Waals surface area contributed by atoms with Gasteiger partial charge in [-0.15, -0.1) is 0 Å². The Labute approximate surface area is 188 Å². The molecule has 1 unspecified atom stereocenters. The van der Waals surface area contributed by atoms with E-state index < -0.39 is 5.41 Å². The number of rotatable bonds is 4. The molecule has 2 aromatic rings. The Morgan fingerprint density at radius 3 is 2.69 bits per heavy atom. The molecule has 0 bridgehead atoms. The van der Waals surface area contributed by atoms with Crippen molar-refractivity contribution in [3.8, 4) is 0 Å². The first-order valence-electron chi connectivity index (χ1n) is 11.1. The lowest BCUT2D eigenvalue weighted by Crippen LogP contribution is -2.51. The molecule has 3 heterocycles. The Hall–Kier alpha value is -3.35. The van der Waals surface area contributed by atoms with Crippen molar-refractivity contribution in [2.75, 3.05) is 11.9 Å². The highest BCUT2D eigenvalue weighted by Crippen LogP contribution is 2.54. The zero-order valence-corrected chi connectivity index (χ0v) is 19.0. The molecule has 1 aliphatic carbocycles. The van der Waals surface area contributed by atoms with Crippen molar-refractivity contribution in [2.24, 2.45) is 15.6 Å². The number of Topliss-reactive ketones (excluding diaryl/α,β-unsaturated/α-hetero) is 1. The summed E-state index contributed by atoms with van der Waals surface area (Å²) in [6.07, 6.45) is 8.87. The first-order valence-corrected chi connectivity index (χ1v) is 11.1. The molecular formula is C25H28N6O. The maximum absolute atomic E-state index is 13.6. The van der Waals surface area contributed by atoms with E-state index in [-0.39, 0.29) is 17.4 Å². The predicted octanol–water partition coefficient (Wildman–Crippen LogP) is 4.81. The van der Waals surface area contributed by atoms with E-state index in [0.29, 0.717) is 6.42 Å². The van der Waals surface area contributed by atoms with Gasteiger partial charge in [0.2, 0.25) is 0 Å². The van der Waals surface area contributed by atoms with Gasteiger partial charge < -0.3 is 10.2 Å². The average Bonchev–Trinajstić information content (AvgIpc) is 3.25. The molecule has 0 radical (unpaired) electrons. The first kappa shape index (κ1) is 20.5. The van der Waals surface area contributed by atoms with Crippen LogP contribution in [0, 0.1) is 5.41 Å². The molecule has 0 saturated carbocycles. The molecule has 164 valence electrons. The summed E-state index contributed by atoms with van der Waals surface area (Å²) in [5.41, 5.74) is 5.34. The van der Waals surface area contributed by atoms with Crippen LogP contribution in [0.4, 0.5) is 11.4 Å².